The summed E-state index contributed by atoms with van der Waals surface area (Å²) in [6.07, 6.45) is 0.179. The summed E-state index contributed by atoms with van der Waals surface area (Å²) in [6, 6.07) is 15.5. The number of fused-ring (bicyclic) bond motifs is 1. The standard InChI is InChI=1S/C22H21N3O3S/c1-14-7-9-16(10-8-14)21-15(2)29-22(24-21)23-19(26)11-12-25-17-5-3-4-6-18(17)28-13-20(25)27/h3-10H,11-13H2,1-2H3,(H,23,24,26). The largest absolute Gasteiger partial charge is 0.482 e. The van der Waals surface area contributed by atoms with E-state index in [4.69, 9.17) is 4.74 Å². The van der Waals surface area contributed by atoms with Crippen molar-refractivity contribution in [1.29, 1.82) is 0 Å². The first-order chi connectivity index (χ1) is 14.0. The molecule has 0 unspecified atom stereocenters. The SMILES string of the molecule is Cc1ccc(-c2nc(NC(=O)CCN3C(=O)COc4ccccc43)sc2C)cc1. The van der Waals surface area contributed by atoms with Crippen molar-refractivity contribution in [3.8, 4) is 17.0 Å². The topological polar surface area (TPSA) is 71.5 Å². The number of aromatic nitrogens is 1. The van der Waals surface area contributed by atoms with Gasteiger partial charge in [0.05, 0.1) is 11.4 Å². The van der Waals surface area contributed by atoms with Gasteiger partial charge in [0.15, 0.2) is 11.7 Å². The lowest BCUT2D eigenvalue weighted by atomic mass is 10.1. The Hall–Kier alpha value is -3.19. The molecule has 1 N–H and O–H groups in total. The lowest BCUT2D eigenvalue weighted by Crippen LogP contribution is -2.40. The highest BCUT2D eigenvalue weighted by molar-refractivity contribution is 7.16. The minimum Gasteiger partial charge on any atom is -0.482 e. The molecule has 3 aromatic rings. The van der Waals surface area contributed by atoms with E-state index < -0.39 is 0 Å². The van der Waals surface area contributed by atoms with Crippen LogP contribution in [0.3, 0.4) is 0 Å². The summed E-state index contributed by atoms with van der Waals surface area (Å²) in [6.45, 7) is 4.32. The molecule has 1 aliphatic rings. The highest BCUT2D eigenvalue weighted by atomic mass is 32.1. The van der Waals surface area contributed by atoms with E-state index in [0.717, 1.165) is 16.1 Å². The monoisotopic (exact) mass is 407 g/mol. The Kier molecular flexibility index (Phi) is 5.31. The van der Waals surface area contributed by atoms with Gasteiger partial charge >= 0.3 is 0 Å². The molecular formula is C22H21N3O3S. The average molecular weight is 407 g/mol. The summed E-state index contributed by atoms with van der Waals surface area (Å²) in [5.41, 5.74) is 3.79. The first-order valence-corrected chi connectivity index (χ1v) is 10.2. The second-order valence-corrected chi connectivity index (χ2v) is 8.09. The van der Waals surface area contributed by atoms with E-state index in [0.29, 0.717) is 23.1 Å². The zero-order valence-corrected chi connectivity index (χ0v) is 17.1. The molecule has 1 aromatic heterocycles. The van der Waals surface area contributed by atoms with E-state index in [1.54, 1.807) is 4.90 Å². The molecule has 2 aromatic carbocycles. The van der Waals surface area contributed by atoms with Gasteiger partial charge in [-0.25, -0.2) is 4.98 Å². The van der Waals surface area contributed by atoms with Crippen LogP contribution in [0.2, 0.25) is 0 Å². The van der Waals surface area contributed by atoms with Crippen LogP contribution in [0.1, 0.15) is 16.9 Å². The highest BCUT2D eigenvalue weighted by Crippen LogP contribution is 2.32. The fraction of sp³-hybridized carbons (Fsp3) is 0.227. The van der Waals surface area contributed by atoms with Crippen molar-refractivity contribution < 1.29 is 14.3 Å². The minimum atomic E-state index is -0.175. The van der Waals surface area contributed by atoms with Crippen molar-refractivity contribution in [2.75, 3.05) is 23.4 Å². The number of ether oxygens (including phenoxy) is 1. The van der Waals surface area contributed by atoms with Gasteiger partial charge in [-0.05, 0) is 26.0 Å². The number of aryl methyl sites for hydroxylation is 2. The van der Waals surface area contributed by atoms with Crippen LogP contribution in [-0.2, 0) is 9.59 Å². The van der Waals surface area contributed by atoms with E-state index >= 15 is 0 Å². The molecule has 6 nitrogen and oxygen atoms in total. The quantitative estimate of drug-likeness (QED) is 0.689. The Bertz CT molecular complexity index is 1060. The van der Waals surface area contributed by atoms with Gasteiger partial charge in [0.25, 0.3) is 5.91 Å². The van der Waals surface area contributed by atoms with E-state index in [1.165, 1.54) is 16.9 Å². The third kappa shape index (κ3) is 4.14. The molecule has 1 aliphatic heterocycles. The number of anilines is 2. The van der Waals surface area contributed by atoms with Crippen molar-refractivity contribution in [1.82, 2.24) is 4.98 Å². The van der Waals surface area contributed by atoms with Crippen molar-refractivity contribution in [3.63, 3.8) is 0 Å². The van der Waals surface area contributed by atoms with Crippen LogP contribution < -0.4 is 15.0 Å². The van der Waals surface area contributed by atoms with Gasteiger partial charge in [-0.3, -0.25) is 9.59 Å². The summed E-state index contributed by atoms with van der Waals surface area (Å²) in [5, 5.41) is 3.43. The number of para-hydroxylation sites is 2. The lowest BCUT2D eigenvalue weighted by Gasteiger charge is -2.29. The van der Waals surface area contributed by atoms with Gasteiger partial charge in [0.2, 0.25) is 5.91 Å². The predicted molar refractivity (Wildman–Crippen MR) is 115 cm³/mol. The number of hydrogen-bond donors (Lipinski definition) is 1. The summed E-state index contributed by atoms with van der Waals surface area (Å²) in [4.78, 5) is 31.9. The third-order valence-corrected chi connectivity index (χ3v) is 5.62. The normalized spacial score (nSPS) is 13.0. The van der Waals surface area contributed by atoms with E-state index in [1.807, 2.05) is 62.4 Å². The predicted octanol–water partition coefficient (Wildman–Crippen LogP) is 4.18. The van der Waals surface area contributed by atoms with Crippen LogP contribution in [0.15, 0.2) is 48.5 Å². The molecule has 0 fully saturated rings. The molecular weight excluding hydrogens is 386 g/mol. The summed E-state index contributed by atoms with van der Waals surface area (Å²) in [5.74, 6) is 0.333. The molecule has 0 bridgehead atoms. The summed E-state index contributed by atoms with van der Waals surface area (Å²) >= 11 is 1.45. The van der Waals surface area contributed by atoms with Gasteiger partial charge in [-0.2, -0.15) is 0 Å². The molecule has 2 heterocycles. The van der Waals surface area contributed by atoms with E-state index in [9.17, 15) is 9.59 Å². The number of thiazole rings is 1. The number of carbonyl (C=O) groups is 2. The van der Waals surface area contributed by atoms with Gasteiger partial charge < -0.3 is 15.0 Å². The van der Waals surface area contributed by atoms with Crippen LogP contribution in [0.5, 0.6) is 5.75 Å². The Morgan fingerprint density at radius 3 is 2.72 bits per heavy atom. The molecule has 4 rings (SSSR count). The first-order valence-electron chi connectivity index (χ1n) is 9.38. The van der Waals surface area contributed by atoms with Crippen LogP contribution in [-0.4, -0.2) is 29.9 Å². The zero-order valence-electron chi connectivity index (χ0n) is 16.3. The molecule has 0 aliphatic carbocycles. The third-order valence-electron chi connectivity index (χ3n) is 4.74. The average Bonchev–Trinajstić information content (AvgIpc) is 3.07. The first kappa shape index (κ1) is 19.1. The second kappa shape index (κ2) is 8.05. The molecule has 0 atom stereocenters. The summed E-state index contributed by atoms with van der Waals surface area (Å²) < 4.78 is 5.43. The van der Waals surface area contributed by atoms with E-state index in [-0.39, 0.29) is 24.8 Å². The molecule has 0 spiro atoms. The molecule has 148 valence electrons. The van der Waals surface area contributed by atoms with Gasteiger partial charge in [0.1, 0.15) is 5.75 Å². The Morgan fingerprint density at radius 2 is 1.93 bits per heavy atom. The zero-order chi connectivity index (χ0) is 20.4. The number of hydrogen-bond acceptors (Lipinski definition) is 5. The maximum atomic E-state index is 12.5. The number of amides is 2. The number of nitrogens with zero attached hydrogens (tertiary/aromatic N) is 2. The fourth-order valence-corrected chi connectivity index (χ4v) is 4.08. The molecule has 0 saturated heterocycles. The molecule has 0 radical (unpaired) electrons. The maximum Gasteiger partial charge on any atom is 0.265 e. The van der Waals surface area contributed by atoms with Crippen molar-refractivity contribution >= 4 is 34.0 Å². The second-order valence-electron chi connectivity index (χ2n) is 6.89. The smallest absolute Gasteiger partial charge is 0.265 e. The molecule has 7 heteroatoms. The van der Waals surface area contributed by atoms with Crippen molar-refractivity contribution in [2.24, 2.45) is 0 Å². The summed E-state index contributed by atoms with van der Waals surface area (Å²) in [7, 11) is 0. The van der Waals surface area contributed by atoms with E-state index in [2.05, 4.69) is 10.3 Å². The fourth-order valence-electron chi connectivity index (χ4n) is 3.22. The van der Waals surface area contributed by atoms with Gasteiger partial charge in [0, 0.05) is 23.4 Å². The van der Waals surface area contributed by atoms with Crippen LogP contribution in [0, 0.1) is 13.8 Å². The molecule has 2 amide bonds. The lowest BCUT2D eigenvalue weighted by molar-refractivity contribution is -0.121. The van der Waals surface area contributed by atoms with Gasteiger partial charge in [-0.1, -0.05) is 42.0 Å². The minimum absolute atomic E-state index is 0.00971. The Balaban J connectivity index is 1.41. The van der Waals surface area contributed by atoms with Crippen LogP contribution in [0.4, 0.5) is 10.8 Å². The molecule has 29 heavy (non-hydrogen) atoms. The number of carbonyl (C=O) groups excluding carboxylic acids is 2. The number of rotatable bonds is 5. The molecule has 0 saturated carbocycles. The van der Waals surface area contributed by atoms with Crippen LogP contribution >= 0.6 is 11.3 Å². The Morgan fingerprint density at radius 1 is 1.17 bits per heavy atom. The van der Waals surface area contributed by atoms with Crippen LogP contribution in [0.25, 0.3) is 11.3 Å². The van der Waals surface area contributed by atoms with Gasteiger partial charge in [-0.15, -0.1) is 11.3 Å². The highest BCUT2D eigenvalue weighted by Gasteiger charge is 2.25. The van der Waals surface area contributed by atoms with Crippen molar-refractivity contribution in [2.45, 2.75) is 20.3 Å². The van der Waals surface area contributed by atoms with Crippen molar-refractivity contribution in [3.05, 3.63) is 59.0 Å². The maximum absolute atomic E-state index is 12.5. The Labute approximate surface area is 173 Å². The number of nitrogens with one attached hydrogen (secondary N) is 1. The number of benzene rings is 2.